The van der Waals surface area contributed by atoms with Crippen molar-refractivity contribution in [2.45, 2.75) is 0 Å². The quantitative estimate of drug-likeness (QED) is 0.628. The molecule has 0 bridgehead atoms. The summed E-state index contributed by atoms with van der Waals surface area (Å²) in [4.78, 5) is 22.0. The monoisotopic (exact) mass is 359 g/mol. The molecule has 0 fully saturated rings. The molecule has 0 unspecified atom stereocenters. The summed E-state index contributed by atoms with van der Waals surface area (Å²) in [6, 6.07) is 5.82. The van der Waals surface area contributed by atoms with E-state index in [0.29, 0.717) is 11.3 Å². The zero-order valence-electron chi connectivity index (χ0n) is 11.6. The lowest BCUT2D eigenvalue weighted by molar-refractivity contribution is -0.380. The average molecular weight is 359 g/mol. The number of anilines is 2. The van der Waals surface area contributed by atoms with Crippen LogP contribution in [0.5, 0.6) is 0 Å². The van der Waals surface area contributed by atoms with Crippen molar-refractivity contribution >= 4 is 43.6 Å². The van der Waals surface area contributed by atoms with Gasteiger partial charge >= 0.3 is 5.00 Å². The van der Waals surface area contributed by atoms with Crippen LogP contribution < -0.4 is 10.0 Å². The van der Waals surface area contributed by atoms with E-state index in [-0.39, 0.29) is 21.3 Å². The van der Waals surface area contributed by atoms with Crippen LogP contribution in [0, 0.1) is 15.9 Å². The predicted octanol–water partition coefficient (Wildman–Crippen LogP) is 2.42. The van der Waals surface area contributed by atoms with Gasteiger partial charge in [0.05, 0.1) is 21.7 Å². The molecule has 0 spiro atoms. The summed E-state index contributed by atoms with van der Waals surface area (Å²) in [5, 5.41) is 12.8. The SMILES string of the molecule is CS(=O)(=O)Nc1cc(NC(=O)c2ccc([N+](=O)[O-])s2)ccc1F. The van der Waals surface area contributed by atoms with Crippen LogP contribution in [-0.4, -0.2) is 25.5 Å². The first-order valence-electron chi connectivity index (χ1n) is 5.98. The molecule has 1 amide bonds. The van der Waals surface area contributed by atoms with Gasteiger partial charge in [0.1, 0.15) is 5.82 Å². The summed E-state index contributed by atoms with van der Waals surface area (Å²) in [5.41, 5.74) is -0.180. The Morgan fingerprint density at radius 2 is 2.00 bits per heavy atom. The van der Waals surface area contributed by atoms with Gasteiger partial charge in [-0.2, -0.15) is 0 Å². The molecule has 0 aliphatic heterocycles. The number of hydrogen-bond donors (Lipinski definition) is 2. The van der Waals surface area contributed by atoms with E-state index in [1.54, 1.807) is 0 Å². The maximum atomic E-state index is 13.5. The Morgan fingerprint density at radius 1 is 1.30 bits per heavy atom. The normalized spacial score (nSPS) is 11.0. The molecule has 23 heavy (non-hydrogen) atoms. The van der Waals surface area contributed by atoms with E-state index >= 15 is 0 Å². The minimum absolute atomic E-state index is 0.0960. The number of carbonyl (C=O) groups is 1. The number of nitrogens with one attached hydrogen (secondary N) is 2. The zero-order valence-corrected chi connectivity index (χ0v) is 13.2. The van der Waals surface area contributed by atoms with E-state index in [1.807, 2.05) is 4.72 Å². The van der Waals surface area contributed by atoms with Crippen molar-refractivity contribution in [1.82, 2.24) is 0 Å². The second-order valence-electron chi connectivity index (χ2n) is 4.42. The number of thiophene rings is 1. The van der Waals surface area contributed by atoms with E-state index in [0.717, 1.165) is 18.4 Å². The summed E-state index contributed by atoms with van der Waals surface area (Å²) in [6.45, 7) is 0. The number of hydrogen-bond acceptors (Lipinski definition) is 6. The number of rotatable bonds is 5. The highest BCUT2D eigenvalue weighted by Crippen LogP contribution is 2.26. The second-order valence-corrected chi connectivity index (χ2v) is 7.23. The molecule has 2 aromatic rings. The molecule has 1 aromatic carbocycles. The Hall–Kier alpha value is -2.53. The molecule has 0 radical (unpaired) electrons. The first-order valence-corrected chi connectivity index (χ1v) is 8.69. The Bertz CT molecular complexity index is 879. The van der Waals surface area contributed by atoms with E-state index in [1.165, 1.54) is 18.2 Å². The molecule has 0 aliphatic carbocycles. The third-order valence-electron chi connectivity index (χ3n) is 2.52. The molecule has 11 heteroatoms. The third kappa shape index (κ3) is 4.47. The van der Waals surface area contributed by atoms with Crippen LogP contribution in [0.2, 0.25) is 0 Å². The fraction of sp³-hybridized carbons (Fsp3) is 0.0833. The van der Waals surface area contributed by atoms with Gasteiger partial charge in [-0.25, -0.2) is 12.8 Å². The van der Waals surface area contributed by atoms with Crippen molar-refractivity contribution in [3.63, 3.8) is 0 Å². The molecule has 1 aromatic heterocycles. The van der Waals surface area contributed by atoms with Gasteiger partial charge in [0.15, 0.2) is 0 Å². The summed E-state index contributed by atoms with van der Waals surface area (Å²) in [5.74, 6) is -1.43. The highest BCUT2D eigenvalue weighted by atomic mass is 32.2. The number of halogens is 1. The topological polar surface area (TPSA) is 118 Å². The zero-order chi connectivity index (χ0) is 17.2. The standard InChI is InChI=1S/C12H10FN3O5S2/c1-23(20,21)15-9-6-7(2-3-8(9)13)14-12(17)10-4-5-11(22-10)16(18)19/h2-6,15H,1H3,(H,14,17). The smallest absolute Gasteiger partial charge is 0.321 e. The largest absolute Gasteiger partial charge is 0.324 e. The van der Waals surface area contributed by atoms with Crippen LogP contribution in [0.4, 0.5) is 20.8 Å². The molecule has 2 rings (SSSR count). The van der Waals surface area contributed by atoms with Crippen molar-refractivity contribution in [3.8, 4) is 0 Å². The minimum atomic E-state index is -3.68. The lowest BCUT2D eigenvalue weighted by Gasteiger charge is -2.08. The van der Waals surface area contributed by atoms with Crippen molar-refractivity contribution < 1.29 is 22.5 Å². The number of carbonyl (C=O) groups excluding carboxylic acids is 1. The Morgan fingerprint density at radius 3 is 2.57 bits per heavy atom. The Labute approximate surface area is 134 Å². The van der Waals surface area contributed by atoms with Crippen LogP contribution >= 0.6 is 11.3 Å². The van der Waals surface area contributed by atoms with Gasteiger partial charge in [-0.05, 0) is 24.3 Å². The number of nitro groups is 1. The lowest BCUT2D eigenvalue weighted by atomic mass is 10.2. The fourth-order valence-electron chi connectivity index (χ4n) is 1.62. The number of nitrogens with zero attached hydrogens (tertiary/aromatic N) is 1. The van der Waals surface area contributed by atoms with Crippen LogP contribution in [-0.2, 0) is 10.0 Å². The number of amides is 1. The lowest BCUT2D eigenvalue weighted by Crippen LogP contribution is -2.13. The highest BCUT2D eigenvalue weighted by molar-refractivity contribution is 7.92. The molecule has 0 atom stereocenters. The Kier molecular flexibility index (Phi) is 4.61. The number of benzene rings is 1. The molecular weight excluding hydrogens is 349 g/mol. The first-order chi connectivity index (χ1) is 10.7. The molecule has 8 nitrogen and oxygen atoms in total. The molecule has 1 heterocycles. The van der Waals surface area contributed by atoms with E-state index in [2.05, 4.69) is 5.32 Å². The van der Waals surface area contributed by atoms with Crippen LogP contribution in [0.15, 0.2) is 30.3 Å². The molecule has 2 N–H and O–H groups in total. The van der Waals surface area contributed by atoms with Crippen LogP contribution in [0.1, 0.15) is 9.67 Å². The predicted molar refractivity (Wildman–Crippen MR) is 83.8 cm³/mol. The summed E-state index contributed by atoms with van der Waals surface area (Å²) in [6.07, 6.45) is 0.864. The van der Waals surface area contributed by atoms with E-state index in [4.69, 9.17) is 0 Å². The van der Waals surface area contributed by atoms with Gasteiger partial charge in [0.2, 0.25) is 10.0 Å². The number of sulfonamides is 1. The second kappa shape index (κ2) is 6.30. The molecule has 122 valence electrons. The first kappa shape index (κ1) is 16.8. The van der Waals surface area contributed by atoms with Gasteiger partial charge in [-0.15, -0.1) is 0 Å². The molecule has 0 aliphatic rings. The van der Waals surface area contributed by atoms with Gasteiger partial charge in [-0.1, -0.05) is 11.3 Å². The maximum absolute atomic E-state index is 13.5. The van der Waals surface area contributed by atoms with Gasteiger partial charge in [0, 0.05) is 11.8 Å². The Balaban J connectivity index is 2.20. The van der Waals surface area contributed by atoms with Crippen molar-refractivity contribution in [3.05, 3.63) is 51.1 Å². The van der Waals surface area contributed by atoms with Gasteiger partial charge in [0.25, 0.3) is 5.91 Å². The molecule has 0 saturated carbocycles. The third-order valence-corrected chi connectivity index (χ3v) is 4.14. The van der Waals surface area contributed by atoms with Gasteiger partial charge in [-0.3, -0.25) is 19.6 Å². The van der Waals surface area contributed by atoms with Crippen molar-refractivity contribution in [1.29, 1.82) is 0 Å². The van der Waals surface area contributed by atoms with E-state index in [9.17, 15) is 27.7 Å². The fourth-order valence-corrected chi connectivity index (χ4v) is 2.89. The van der Waals surface area contributed by atoms with Crippen LogP contribution in [0.3, 0.4) is 0 Å². The summed E-state index contributed by atoms with van der Waals surface area (Å²) < 4.78 is 37.8. The van der Waals surface area contributed by atoms with Crippen LogP contribution in [0.25, 0.3) is 0 Å². The average Bonchev–Trinajstić information content (AvgIpc) is 2.91. The minimum Gasteiger partial charge on any atom is -0.321 e. The molecule has 0 saturated heterocycles. The summed E-state index contributed by atoms with van der Waals surface area (Å²) in [7, 11) is -3.68. The maximum Gasteiger partial charge on any atom is 0.324 e. The highest BCUT2D eigenvalue weighted by Gasteiger charge is 2.16. The van der Waals surface area contributed by atoms with Gasteiger partial charge < -0.3 is 5.32 Å². The summed E-state index contributed by atoms with van der Waals surface area (Å²) >= 11 is 0.689. The van der Waals surface area contributed by atoms with Crippen molar-refractivity contribution in [2.24, 2.45) is 0 Å². The molecular formula is C12H10FN3O5S2. The van der Waals surface area contributed by atoms with Crippen molar-refractivity contribution in [2.75, 3.05) is 16.3 Å². The van der Waals surface area contributed by atoms with E-state index < -0.39 is 26.7 Å².